The molecule has 2 N–H and O–H groups in total. The first-order chi connectivity index (χ1) is 12.3. The molecule has 1 aliphatic heterocycles. The van der Waals surface area contributed by atoms with Gasteiger partial charge in [-0.25, -0.2) is 9.59 Å². The Bertz CT molecular complexity index is 690. The molecule has 0 unspecified atom stereocenters. The van der Waals surface area contributed by atoms with Gasteiger partial charge < -0.3 is 19.7 Å². The van der Waals surface area contributed by atoms with Crippen molar-refractivity contribution in [2.75, 3.05) is 39.2 Å². The molecule has 0 aliphatic carbocycles. The standard InChI is InChI=1S/C18H26N2O5S/c1-10-6-11(2)8-20(7-10)9-13(21)19-16-14(17(22)24-4)12(3)15(26-16)18(23)25-5/h10-11H,6-9H2,1-5H3,(H,19,21)/p+1/t10-,11-/m1/s1. The molecule has 144 valence electrons. The van der Waals surface area contributed by atoms with E-state index in [-0.39, 0.29) is 16.3 Å². The maximum Gasteiger partial charge on any atom is 0.348 e. The summed E-state index contributed by atoms with van der Waals surface area (Å²) in [5.74, 6) is -0.132. The number of ether oxygens (including phenoxy) is 2. The van der Waals surface area contributed by atoms with Crippen molar-refractivity contribution in [3.63, 3.8) is 0 Å². The number of thiophene rings is 1. The van der Waals surface area contributed by atoms with Crippen LogP contribution in [-0.4, -0.2) is 51.7 Å². The van der Waals surface area contributed by atoms with E-state index in [1.54, 1.807) is 6.92 Å². The van der Waals surface area contributed by atoms with E-state index >= 15 is 0 Å². The SMILES string of the molecule is COC(=O)c1sc(NC(=O)C[NH+]2C[C@H](C)C[C@@H](C)C2)c(C(=O)OC)c1C. The highest BCUT2D eigenvalue weighted by molar-refractivity contribution is 7.18. The zero-order chi connectivity index (χ0) is 19.4. The summed E-state index contributed by atoms with van der Waals surface area (Å²) in [4.78, 5) is 38.1. The Balaban J connectivity index is 2.18. The van der Waals surface area contributed by atoms with Gasteiger partial charge >= 0.3 is 11.9 Å². The fraction of sp³-hybridized carbons (Fsp3) is 0.611. The molecule has 0 radical (unpaired) electrons. The number of amides is 1. The highest BCUT2D eigenvalue weighted by Gasteiger charge is 2.29. The average molecular weight is 383 g/mol. The van der Waals surface area contributed by atoms with Crippen molar-refractivity contribution in [2.24, 2.45) is 11.8 Å². The number of esters is 2. The molecule has 2 rings (SSSR count). The predicted molar refractivity (Wildman–Crippen MR) is 98.9 cm³/mol. The van der Waals surface area contributed by atoms with E-state index in [4.69, 9.17) is 9.47 Å². The van der Waals surface area contributed by atoms with Gasteiger partial charge in [0.25, 0.3) is 5.91 Å². The van der Waals surface area contributed by atoms with Crippen molar-refractivity contribution in [1.29, 1.82) is 0 Å². The number of nitrogens with one attached hydrogen (secondary N) is 2. The maximum absolute atomic E-state index is 12.5. The third-order valence-electron chi connectivity index (χ3n) is 4.65. The highest BCUT2D eigenvalue weighted by atomic mass is 32.1. The van der Waals surface area contributed by atoms with Gasteiger partial charge in [-0.3, -0.25) is 4.79 Å². The Morgan fingerprint density at radius 1 is 1.12 bits per heavy atom. The van der Waals surface area contributed by atoms with Crippen molar-refractivity contribution in [2.45, 2.75) is 27.2 Å². The van der Waals surface area contributed by atoms with Gasteiger partial charge in [-0.1, -0.05) is 13.8 Å². The first kappa shape index (κ1) is 20.4. The minimum Gasteiger partial charge on any atom is -0.465 e. The lowest BCUT2D eigenvalue weighted by atomic mass is 9.92. The summed E-state index contributed by atoms with van der Waals surface area (Å²) in [5, 5.41) is 3.12. The van der Waals surface area contributed by atoms with Gasteiger partial charge in [0.2, 0.25) is 0 Å². The Morgan fingerprint density at radius 3 is 2.23 bits per heavy atom. The van der Waals surface area contributed by atoms with Gasteiger partial charge in [0.1, 0.15) is 9.88 Å². The molecular formula is C18H27N2O5S+. The summed E-state index contributed by atoms with van der Waals surface area (Å²) in [5.41, 5.74) is 0.665. The second kappa shape index (κ2) is 8.64. The second-order valence-corrected chi connectivity index (χ2v) is 8.09. The van der Waals surface area contributed by atoms with Crippen LogP contribution in [0.4, 0.5) is 5.00 Å². The van der Waals surface area contributed by atoms with E-state index in [9.17, 15) is 14.4 Å². The second-order valence-electron chi connectivity index (χ2n) is 7.07. The smallest absolute Gasteiger partial charge is 0.348 e. The molecule has 0 spiro atoms. The number of methoxy groups -OCH3 is 2. The number of likely N-dealkylation sites (tertiary alicyclic amines) is 1. The van der Waals surface area contributed by atoms with Crippen LogP contribution in [0.2, 0.25) is 0 Å². The van der Waals surface area contributed by atoms with Gasteiger partial charge in [-0.05, 0) is 18.9 Å². The lowest BCUT2D eigenvalue weighted by Crippen LogP contribution is -3.15. The maximum atomic E-state index is 12.5. The first-order valence-electron chi connectivity index (χ1n) is 8.70. The summed E-state index contributed by atoms with van der Waals surface area (Å²) in [6.07, 6.45) is 1.18. The van der Waals surface area contributed by atoms with Gasteiger partial charge in [-0.15, -0.1) is 11.3 Å². The molecule has 26 heavy (non-hydrogen) atoms. The molecule has 8 heteroatoms. The molecule has 1 aromatic rings. The van der Waals surface area contributed by atoms with Crippen LogP contribution in [0.1, 0.15) is 45.9 Å². The lowest BCUT2D eigenvalue weighted by Gasteiger charge is -2.31. The summed E-state index contributed by atoms with van der Waals surface area (Å²) in [6.45, 7) is 8.29. The van der Waals surface area contributed by atoms with Gasteiger partial charge in [-0.2, -0.15) is 0 Å². The number of hydrogen-bond acceptors (Lipinski definition) is 6. The van der Waals surface area contributed by atoms with Crippen LogP contribution in [0.5, 0.6) is 0 Å². The van der Waals surface area contributed by atoms with Gasteiger partial charge in [0.05, 0.1) is 32.9 Å². The van der Waals surface area contributed by atoms with Crippen molar-refractivity contribution in [3.05, 3.63) is 16.0 Å². The fourth-order valence-electron chi connectivity index (χ4n) is 3.70. The number of hydrogen-bond donors (Lipinski definition) is 2. The predicted octanol–water partition coefficient (Wildman–Crippen LogP) is 1.13. The van der Waals surface area contributed by atoms with E-state index in [1.807, 2.05) is 0 Å². The molecule has 1 aliphatic rings. The lowest BCUT2D eigenvalue weighted by molar-refractivity contribution is -0.904. The Hall–Kier alpha value is -1.93. The largest absolute Gasteiger partial charge is 0.465 e. The third-order valence-corrected chi connectivity index (χ3v) is 5.84. The van der Waals surface area contributed by atoms with E-state index in [0.29, 0.717) is 28.9 Å². The van der Waals surface area contributed by atoms with Crippen LogP contribution in [0.3, 0.4) is 0 Å². The molecule has 0 saturated carbocycles. The first-order valence-corrected chi connectivity index (χ1v) is 9.51. The fourth-order valence-corrected chi connectivity index (χ4v) is 4.83. The van der Waals surface area contributed by atoms with Crippen LogP contribution in [0.15, 0.2) is 0 Å². The normalized spacial score (nSPS) is 22.6. The number of quaternary nitrogens is 1. The highest BCUT2D eigenvalue weighted by Crippen LogP contribution is 2.34. The van der Waals surface area contributed by atoms with E-state index in [1.165, 1.54) is 25.5 Å². The van der Waals surface area contributed by atoms with Crippen LogP contribution >= 0.6 is 11.3 Å². The number of carbonyl (C=O) groups is 3. The Kier molecular flexibility index (Phi) is 6.77. The minimum atomic E-state index is -0.586. The third kappa shape index (κ3) is 4.62. The molecule has 1 aromatic heterocycles. The summed E-state index contributed by atoms with van der Waals surface area (Å²) in [7, 11) is 2.54. The van der Waals surface area contributed by atoms with Gasteiger partial charge in [0, 0.05) is 11.8 Å². The monoisotopic (exact) mass is 383 g/mol. The Labute approximate surface area is 157 Å². The average Bonchev–Trinajstić information content (AvgIpc) is 2.88. The number of carbonyl (C=O) groups excluding carboxylic acids is 3. The van der Waals surface area contributed by atoms with Crippen LogP contribution in [0, 0.1) is 18.8 Å². The van der Waals surface area contributed by atoms with Crippen molar-refractivity contribution < 1.29 is 28.8 Å². The Morgan fingerprint density at radius 2 is 1.69 bits per heavy atom. The topological polar surface area (TPSA) is 86.1 Å². The number of piperidine rings is 1. The molecule has 1 fully saturated rings. The van der Waals surface area contributed by atoms with Crippen molar-refractivity contribution in [3.8, 4) is 0 Å². The zero-order valence-electron chi connectivity index (χ0n) is 15.9. The quantitative estimate of drug-likeness (QED) is 0.745. The molecule has 7 nitrogen and oxygen atoms in total. The molecule has 0 aromatic carbocycles. The number of anilines is 1. The van der Waals surface area contributed by atoms with Crippen molar-refractivity contribution in [1.82, 2.24) is 0 Å². The summed E-state index contributed by atoms with van der Waals surface area (Å²) >= 11 is 1.04. The minimum absolute atomic E-state index is 0.177. The van der Waals surface area contributed by atoms with Crippen LogP contribution < -0.4 is 10.2 Å². The molecule has 1 saturated heterocycles. The molecular weight excluding hydrogens is 356 g/mol. The number of rotatable bonds is 5. The van der Waals surface area contributed by atoms with Gasteiger partial charge in [0.15, 0.2) is 6.54 Å². The molecule has 2 heterocycles. The van der Waals surface area contributed by atoms with Crippen LogP contribution in [-0.2, 0) is 14.3 Å². The van der Waals surface area contributed by atoms with Crippen molar-refractivity contribution >= 4 is 34.2 Å². The van der Waals surface area contributed by atoms with E-state index in [0.717, 1.165) is 24.4 Å². The molecule has 2 atom stereocenters. The summed E-state index contributed by atoms with van der Waals surface area (Å²) < 4.78 is 9.55. The molecule has 1 amide bonds. The van der Waals surface area contributed by atoms with E-state index in [2.05, 4.69) is 19.2 Å². The zero-order valence-corrected chi connectivity index (χ0v) is 16.7. The summed E-state index contributed by atoms with van der Waals surface area (Å²) in [6, 6.07) is 0. The van der Waals surface area contributed by atoms with E-state index < -0.39 is 11.9 Å². The van der Waals surface area contributed by atoms with Crippen LogP contribution in [0.25, 0.3) is 0 Å². The molecule has 0 bridgehead atoms.